The Hall–Kier alpha value is -4.76. The van der Waals surface area contributed by atoms with Gasteiger partial charge in [-0.1, -0.05) is 30.0 Å². The van der Waals surface area contributed by atoms with Gasteiger partial charge in [0.25, 0.3) is 5.91 Å². The van der Waals surface area contributed by atoms with E-state index in [1.165, 1.54) is 7.11 Å². The molecule has 3 N–H and O–H groups in total. The summed E-state index contributed by atoms with van der Waals surface area (Å²) < 4.78 is 9.76. The van der Waals surface area contributed by atoms with Crippen molar-refractivity contribution < 1.29 is 28.7 Å². The van der Waals surface area contributed by atoms with Gasteiger partial charge in [0, 0.05) is 23.2 Å². The molecule has 0 unspecified atom stereocenters. The fourth-order valence-corrected chi connectivity index (χ4v) is 2.76. The lowest BCUT2D eigenvalue weighted by atomic mass is 10.1. The standard InChI is InChI=1S/C28H29N3O6/c1-28(2,3)37-27(35)30-19-24(32)29-18-23(26(34)36-4)31-25(33)22-16-14-21(15-17-22)13-9-8-12-20-10-6-5-7-11-20/h5-7,10-11,14-17,23H,18-19H2,1-4H3,(H,29,32)(H,30,35)(H,31,33)/t23-/m0/s1. The van der Waals surface area contributed by atoms with Crippen LogP contribution in [0.3, 0.4) is 0 Å². The molecule has 2 aromatic rings. The Morgan fingerprint density at radius 2 is 1.46 bits per heavy atom. The molecule has 2 aromatic carbocycles. The van der Waals surface area contributed by atoms with Gasteiger partial charge < -0.3 is 25.4 Å². The molecular weight excluding hydrogens is 474 g/mol. The Labute approximate surface area is 216 Å². The van der Waals surface area contributed by atoms with Crippen molar-refractivity contribution in [2.24, 2.45) is 0 Å². The first kappa shape index (κ1) is 28.5. The van der Waals surface area contributed by atoms with Crippen molar-refractivity contribution in [3.05, 3.63) is 71.3 Å². The second-order valence-electron chi connectivity index (χ2n) is 8.65. The lowest BCUT2D eigenvalue weighted by Gasteiger charge is -2.20. The summed E-state index contributed by atoms with van der Waals surface area (Å²) in [7, 11) is 1.17. The number of hydrogen-bond acceptors (Lipinski definition) is 6. The molecule has 9 heteroatoms. The van der Waals surface area contributed by atoms with Crippen molar-refractivity contribution in [3.63, 3.8) is 0 Å². The maximum absolute atomic E-state index is 12.6. The van der Waals surface area contributed by atoms with Crippen LogP contribution in [0.5, 0.6) is 0 Å². The number of carbonyl (C=O) groups is 4. The lowest BCUT2D eigenvalue weighted by Crippen LogP contribution is -2.50. The molecule has 0 fully saturated rings. The van der Waals surface area contributed by atoms with E-state index < -0.39 is 35.5 Å². The molecule has 0 aliphatic rings. The second-order valence-corrected chi connectivity index (χ2v) is 8.65. The molecule has 192 valence electrons. The SMILES string of the molecule is COC(=O)[C@H](CNC(=O)CNC(=O)OC(C)(C)C)NC(=O)c1ccc(C#CC#Cc2ccccc2)cc1. The number of esters is 1. The van der Waals surface area contributed by atoms with E-state index in [0.29, 0.717) is 5.56 Å². The van der Waals surface area contributed by atoms with Crippen LogP contribution < -0.4 is 16.0 Å². The van der Waals surface area contributed by atoms with Crippen LogP contribution in [-0.2, 0) is 19.1 Å². The zero-order chi connectivity index (χ0) is 27.3. The van der Waals surface area contributed by atoms with Gasteiger partial charge in [-0.2, -0.15) is 0 Å². The topological polar surface area (TPSA) is 123 Å². The van der Waals surface area contributed by atoms with E-state index in [4.69, 9.17) is 9.47 Å². The second kappa shape index (κ2) is 14.0. The summed E-state index contributed by atoms with van der Waals surface area (Å²) >= 11 is 0. The first-order chi connectivity index (χ1) is 17.6. The van der Waals surface area contributed by atoms with Gasteiger partial charge in [-0.25, -0.2) is 9.59 Å². The Bertz CT molecular complexity index is 1230. The third-order valence-electron chi connectivity index (χ3n) is 4.48. The highest BCUT2D eigenvalue weighted by Crippen LogP contribution is 2.06. The zero-order valence-corrected chi connectivity index (χ0v) is 21.1. The number of hydrogen-bond donors (Lipinski definition) is 3. The predicted molar refractivity (Wildman–Crippen MR) is 137 cm³/mol. The largest absolute Gasteiger partial charge is 0.467 e. The van der Waals surface area contributed by atoms with Gasteiger partial charge in [0.05, 0.1) is 13.7 Å². The number of nitrogens with one attached hydrogen (secondary N) is 3. The van der Waals surface area contributed by atoms with E-state index >= 15 is 0 Å². The van der Waals surface area contributed by atoms with Crippen molar-refractivity contribution in [3.8, 4) is 23.7 Å². The van der Waals surface area contributed by atoms with Crippen LogP contribution in [0, 0.1) is 23.7 Å². The van der Waals surface area contributed by atoms with Crippen molar-refractivity contribution in [2.45, 2.75) is 32.4 Å². The number of ether oxygens (including phenoxy) is 2. The van der Waals surface area contributed by atoms with Crippen LogP contribution in [-0.4, -0.2) is 55.7 Å². The van der Waals surface area contributed by atoms with Crippen LogP contribution >= 0.6 is 0 Å². The fraction of sp³-hybridized carbons (Fsp3) is 0.286. The predicted octanol–water partition coefficient (Wildman–Crippen LogP) is 2.00. The van der Waals surface area contributed by atoms with Gasteiger partial charge >= 0.3 is 12.1 Å². The molecule has 0 aliphatic carbocycles. The van der Waals surface area contributed by atoms with E-state index in [2.05, 4.69) is 39.6 Å². The van der Waals surface area contributed by atoms with Crippen molar-refractivity contribution in [1.29, 1.82) is 0 Å². The summed E-state index contributed by atoms with van der Waals surface area (Å²) in [5.74, 6) is 9.51. The third kappa shape index (κ3) is 11.0. The molecule has 37 heavy (non-hydrogen) atoms. The normalized spacial score (nSPS) is 10.8. The first-order valence-electron chi connectivity index (χ1n) is 11.4. The molecular formula is C28H29N3O6. The molecule has 0 bridgehead atoms. The number of methoxy groups -OCH3 is 1. The van der Waals surface area contributed by atoms with Gasteiger partial charge in [0.15, 0.2) is 0 Å². The van der Waals surface area contributed by atoms with Crippen LogP contribution in [0.1, 0.15) is 42.3 Å². The molecule has 0 saturated heterocycles. The minimum absolute atomic E-state index is 0.239. The summed E-state index contributed by atoms with van der Waals surface area (Å²) in [6.07, 6.45) is -0.753. The van der Waals surface area contributed by atoms with E-state index in [-0.39, 0.29) is 18.7 Å². The van der Waals surface area contributed by atoms with E-state index in [9.17, 15) is 19.2 Å². The summed E-state index contributed by atoms with van der Waals surface area (Å²) in [4.78, 5) is 48.4. The molecule has 9 nitrogen and oxygen atoms in total. The number of benzene rings is 2. The van der Waals surface area contributed by atoms with E-state index in [0.717, 1.165) is 5.56 Å². The molecule has 0 radical (unpaired) electrons. The van der Waals surface area contributed by atoms with Crippen LogP contribution in [0.2, 0.25) is 0 Å². The number of alkyl carbamates (subject to hydrolysis) is 1. The van der Waals surface area contributed by atoms with Crippen LogP contribution in [0.15, 0.2) is 54.6 Å². The average molecular weight is 504 g/mol. The summed E-state index contributed by atoms with van der Waals surface area (Å²) in [6.45, 7) is 4.48. The Kier molecular flexibility index (Phi) is 10.7. The highest BCUT2D eigenvalue weighted by atomic mass is 16.6. The summed E-state index contributed by atoms with van der Waals surface area (Å²) in [5.41, 5.74) is 1.10. The molecule has 0 heterocycles. The number of carbonyl (C=O) groups excluding carboxylic acids is 4. The quantitative estimate of drug-likeness (QED) is 0.392. The van der Waals surface area contributed by atoms with Gasteiger partial charge in [-0.15, -0.1) is 0 Å². The molecule has 0 spiro atoms. The smallest absolute Gasteiger partial charge is 0.408 e. The van der Waals surface area contributed by atoms with Gasteiger partial charge in [-0.05, 0) is 69.0 Å². The maximum atomic E-state index is 12.6. The highest BCUT2D eigenvalue weighted by molar-refractivity contribution is 5.97. The number of rotatable bonds is 7. The average Bonchev–Trinajstić information content (AvgIpc) is 2.87. The molecule has 2 rings (SSSR count). The summed E-state index contributed by atoms with van der Waals surface area (Å²) in [6, 6.07) is 14.7. The highest BCUT2D eigenvalue weighted by Gasteiger charge is 2.23. The minimum Gasteiger partial charge on any atom is -0.467 e. The molecule has 0 saturated carbocycles. The Balaban J connectivity index is 1.91. The third-order valence-corrected chi connectivity index (χ3v) is 4.48. The van der Waals surface area contributed by atoms with Crippen molar-refractivity contribution in [2.75, 3.05) is 20.2 Å². The number of amides is 3. The van der Waals surface area contributed by atoms with Gasteiger partial charge in [0.1, 0.15) is 11.6 Å². The Morgan fingerprint density at radius 1 is 0.865 bits per heavy atom. The first-order valence-corrected chi connectivity index (χ1v) is 11.4. The van der Waals surface area contributed by atoms with Crippen molar-refractivity contribution >= 4 is 23.9 Å². The van der Waals surface area contributed by atoms with Crippen molar-refractivity contribution in [1.82, 2.24) is 16.0 Å². The van der Waals surface area contributed by atoms with Gasteiger partial charge in [0.2, 0.25) is 5.91 Å². The maximum Gasteiger partial charge on any atom is 0.408 e. The van der Waals surface area contributed by atoms with Crippen LogP contribution in [0.4, 0.5) is 4.79 Å². The fourth-order valence-electron chi connectivity index (χ4n) is 2.76. The van der Waals surface area contributed by atoms with Crippen LogP contribution in [0.25, 0.3) is 0 Å². The Morgan fingerprint density at radius 3 is 2.03 bits per heavy atom. The molecule has 1 atom stereocenters. The zero-order valence-electron chi connectivity index (χ0n) is 21.1. The minimum atomic E-state index is -1.14. The van der Waals surface area contributed by atoms with E-state index in [1.807, 2.05) is 30.3 Å². The molecule has 0 aliphatic heterocycles. The van der Waals surface area contributed by atoms with E-state index in [1.54, 1.807) is 45.0 Å². The summed E-state index contributed by atoms with van der Waals surface area (Å²) in [5, 5.41) is 7.30. The molecule has 3 amide bonds. The lowest BCUT2D eigenvalue weighted by molar-refractivity contribution is -0.142. The van der Waals surface area contributed by atoms with Gasteiger partial charge in [-0.3, -0.25) is 9.59 Å². The monoisotopic (exact) mass is 503 g/mol. The molecule has 0 aromatic heterocycles.